The first-order chi connectivity index (χ1) is 21.2. The molecule has 1 amide bonds. The van der Waals surface area contributed by atoms with Crippen molar-refractivity contribution < 1.29 is 17.6 Å². The second-order valence-electron chi connectivity index (χ2n) is 10.7. The van der Waals surface area contributed by atoms with Crippen LogP contribution in [0.3, 0.4) is 0 Å². The van der Waals surface area contributed by atoms with Crippen molar-refractivity contribution in [3.63, 3.8) is 0 Å². The fraction of sp³-hybridized carbons (Fsp3) is 0.188. The Bertz CT molecular complexity index is 2120. The van der Waals surface area contributed by atoms with Crippen LogP contribution in [0.2, 0.25) is 0 Å². The van der Waals surface area contributed by atoms with E-state index in [1.807, 2.05) is 37.3 Å². The lowest BCUT2D eigenvalue weighted by atomic mass is 10.0. The summed E-state index contributed by atoms with van der Waals surface area (Å²) in [6.07, 6.45) is 10.0. The van der Waals surface area contributed by atoms with Gasteiger partial charge in [-0.25, -0.2) is 17.5 Å². The van der Waals surface area contributed by atoms with Crippen LogP contribution in [0.25, 0.3) is 55.4 Å². The van der Waals surface area contributed by atoms with Crippen molar-refractivity contribution in [3.05, 3.63) is 84.7 Å². The Hall–Kier alpha value is -4.94. The van der Waals surface area contributed by atoms with E-state index in [0.717, 1.165) is 57.7 Å². The third kappa shape index (κ3) is 6.36. The first kappa shape index (κ1) is 29.1. The maximum absolute atomic E-state index is 14.6. The molecule has 0 unspecified atom stereocenters. The van der Waals surface area contributed by atoms with Gasteiger partial charge in [-0.2, -0.15) is 5.10 Å². The minimum atomic E-state index is -3.44. The Morgan fingerprint density at radius 2 is 1.75 bits per heavy atom. The van der Waals surface area contributed by atoms with Gasteiger partial charge in [0.25, 0.3) is 0 Å². The number of nitrogens with zero attached hydrogens (tertiary/aromatic N) is 3. The molecular formula is C32H30FN7O3S. The van der Waals surface area contributed by atoms with Crippen LogP contribution >= 0.6 is 0 Å². The van der Waals surface area contributed by atoms with Gasteiger partial charge < -0.3 is 10.3 Å². The lowest BCUT2D eigenvalue weighted by molar-refractivity contribution is -0.116. The minimum Gasteiger partial charge on any atom is -0.352 e. The average molecular weight is 612 g/mol. The molecule has 0 aliphatic rings. The molecule has 4 aromatic heterocycles. The summed E-state index contributed by atoms with van der Waals surface area (Å²) >= 11 is 0. The summed E-state index contributed by atoms with van der Waals surface area (Å²) in [6.45, 7) is 2.02. The molecule has 0 bridgehead atoms. The Labute approximate surface area is 253 Å². The molecule has 4 N–H and O–H groups in total. The Kier molecular flexibility index (Phi) is 7.93. The standard InChI is InChI=1S/C32H30FN7O3S/c1-3-4-5-31(41)37-24-11-22(15-34-16-24)20-6-7-28-26(12-20)32(40-39-28)29-13-25-27(17-35-18-30(25)38-29)21-8-19(9-23(33)10-21)14-36-44(2,42)43/h6-13,15-18,36,38H,3-5,14H2,1-2H3,(H,37,41)(H,39,40). The maximum Gasteiger partial charge on any atom is 0.224 e. The number of pyridine rings is 2. The number of hydrogen-bond donors (Lipinski definition) is 4. The number of aromatic amines is 2. The quantitative estimate of drug-likeness (QED) is 0.146. The van der Waals surface area contributed by atoms with Gasteiger partial charge in [0.15, 0.2) is 0 Å². The number of fused-ring (bicyclic) bond motifs is 2. The van der Waals surface area contributed by atoms with E-state index in [4.69, 9.17) is 0 Å². The second kappa shape index (κ2) is 12.0. The van der Waals surface area contributed by atoms with Crippen LogP contribution in [0.1, 0.15) is 31.7 Å². The smallest absolute Gasteiger partial charge is 0.224 e. The molecule has 0 spiro atoms. The number of H-pyrrole nitrogens is 2. The van der Waals surface area contributed by atoms with Crippen molar-refractivity contribution in [2.75, 3.05) is 11.6 Å². The fourth-order valence-corrected chi connectivity index (χ4v) is 5.59. The number of unbranched alkanes of at least 4 members (excludes halogenated alkanes) is 1. The number of amides is 1. The Morgan fingerprint density at radius 1 is 0.909 bits per heavy atom. The lowest BCUT2D eigenvalue weighted by Crippen LogP contribution is -2.21. The number of hydrogen-bond acceptors (Lipinski definition) is 6. The molecule has 0 aliphatic carbocycles. The van der Waals surface area contributed by atoms with Gasteiger partial charge in [0, 0.05) is 47.3 Å². The SMILES string of the molecule is CCCCC(=O)Nc1cncc(-c2ccc3[nH]nc(-c4cc5c(-c6cc(F)cc(CNS(C)(=O)=O)c6)cncc5[nH]4)c3c2)c1. The van der Waals surface area contributed by atoms with Gasteiger partial charge in [0.05, 0.1) is 41.1 Å². The van der Waals surface area contributed by atoms with Crippen LogP contribution < -0.4 is 10.0 Å². The number of nitrogens with one attached hydrogen (secondary N) is 4. The molecule has 0 atom stereocenters. The third-order valence-corrected chi connectivity index (χ3v) is 7.95. The van der Waals surface area contributed by atoms with Gasteiger partial charge >= 0.3 is 0 Å². The molecule has 0 saturated heterocycles. The highest BCUT2D eigenvalue weighted by Gasteiger charge is 2.16. The first-order valence-corrected chi connectivity index (χ1v) is 16.0. The van der Waals surface area contributed by atoms with Crippen LogP contribution in [-0.2, 0) is 21.4 Å². The van der Waals surface area contributed by atoms with E-state index in [2.05, 4.69) is 35.2 Å². The molecule has 6 aromatic rings. The fourth-order valence-electron chi connectivity index (χ4n) is 5.16. The van der Waals surface area contributed by atoms with E-state index >= 15 is 0 Å². The van der Waals surface area contributed by atoms with Gasteiger partial charge in [0.1, 0.15) is 11.5 Å². The van der Waals surface area contributed by atoms with Crippen molar-refractivity contribution in [1.29, 1.82) is 0 Å². The number of halogens is 1. The predicted octanol–water partition coefficient (Wildman–Crippen LogP) is 6.15. The van der Waals surface area contributed by atoms with Crippen molar-refractivity contribution in [1.82, 2.24) is 29.9 Å². The molecule has 44 heavy (non-hydrogen) atoms. The maximum atomic E-state index is 14.6. The number of carbonyl (C=O) groups is 1. The Balaban J connectivity index is 1.35. The molecule has 4 heterocycles. The number of sulfonamides is 1. The van der Waals surface area contributed by atoms with Gasteiger partial charge in [-0.05, 0) is 65.6 Å². The zero-order valence-electron chi connectivity index (χ0n) is 24.1. The van der Waals surface area contributed by atoms with Crippen LogP contribution in [0.15, 0.2) is 73.3 Å². The summed E-state index contributed by atoms with van der Waals surface area (Å²) in [6, 6.07) is 14.2. The van der Waals surface area contributed by atoms with Gasteiger partial charge in [-0.3, -0.25) is 19.9 Å². The lowest BCUT2D eigenvalue weighted by Gasteiger charge is -2.08. The van der Waals surface area contributed by atoms with Crippen LogP contribution in [-0.4, -0.2) is 45.7 Å². The number of anilines is 1. The molecule has 0 fully saturated rings. The summed E-state index contributed by atoms with van der Waals surface area (Å²) in [7, 11) is -3.44. The molecule has 0 saturated carbocycles. The van der Waals surface area contributed by atoms with Gasteiger partial charge in [-0.15, -0.1) is 0 Å². The molecule has 0 aliphatic heterocycles. The van der Waals surface area contributed by atoms with E-state index in [1.165, 1.54) is 12.1 Å². The minimum absolute atomic E-state index is 0.0311. The molecule has 0 radical (unpaired) electrons. The summed E-state index contributed by atoms with van der Waals surface area (Å²) in [4.78, 5) is 24.3. The van der Waals surface area contributed by atoms with Gasteiger partial charge in [-0.1, -0.05) is 19.4 Å². The van der Waals surface area contributed by atoms with E-state index < -0.39 is 15.8 Å². The monoisotopic (exact) mass is 611 g/mol. The third-order valence-electron chi connectivity index (χ3n) is 7.28. The van der Waals surface area contributed by atoms with E-state index in [-0.39, 0.29) is 12.5 Å². The summed E-state index contributed by atoms with van der Waals surface area (Å²) in [5.74, 6) is -0.517. The predicted molar refractivity (Wildman–Crippen MR) is 170 cm³/mol. The first-order valence-electron chi connectivity index (χ1n) is 14.1. The van der Waals surface area contributed by atoms with Crippen LogP contribution in [0.4, 0.5) is 10.1 Å². The van der Waals surface area contributed by atoms with Crippen molar-refractivity contribution >= 4 is 43.4 Å². The number of carbonyl (C=O) groups excluding carboxylic acids is 1. The zero-order chi connectivity index (χ0) is 30.8. The average Bonchev–Trinajstić information content (AvgIpc) is 3.62. The van der Waals surface area contributed by atoms with Crippen LogP contribution in [0.5, 0.6) is 0 Å². The largest absolute Gasteiger partial charge is 0.352 e. The Morgan fingerprint density at radius 3 is 2.57 bits per heavy atom. The molecule has 224 valence electrons. The molecule has 2 aromatic carbocycles. The summed E-state index contributed by atoms with van der Waals surface area (Å²) < 4.78 is 40.1. The molecule has 6 rings (SSSR count). The van der Waals surface area contributed by atoms with Crippen molar-refractivity contribution in [3.8, 4) is 33.6 Å². The highest BCUT2D eigenvalue weighted by Crippen LogP contribution is 2.35. The van der Waals surface area contributed by atoms with Crippen molar-refractivity contribution in [2.24, 2.45) is 0 Å². The van der Waals surface area contributed by atoms with Crippen LogP contribution in [0, 0.1) is 5.82 Å². The number of aromatic nitrogens is 5. The van der Waals surface area contributed by atoms with E-state index in [0.29, 0.717) is 34.5 Å². The van der Waals surface area contributed by atoms with E-state index in [1.54, 1.807) is 30.9 Å². The molecular weight excluding hydrogens is 581 g/mol. The highest BCUT2D eigenvalue weighted by molar-refractivity contribution is 7.88. The molecule has 12 heteroatoms. The van der Waals surface area contributed by atoms with Gasteiger partial charge in [0.2, 0.25) is 15.9 Å². The normalized spacial score (nSPS) is 11.8. The van der Waals surface area contributed by atoms with E-state index in [9.17, 15) is 17.6 Å². The second-order valence-corrected chi connectivity index (χ2v) is 12.6. The number of rotatable bonds is 10. The summed E-state index contributed by atoms with van der Waals surface area (Å²) in [5.41, 5.74) is 7.15. The topological polar surface area (TPSA) is 146 Å². The van der Waals surface area contributed by atoms with Crippen molar-refractivity contribution in [2.45, 2.75) is 32.7 Å². The number of benzene rings is 2. The zero-order valence-corrected chi connectivity index (χ0v) is 24.9. The summed E-state index contributed by atoms with van der Waals surface area (Å²) in [5, 5.41) is 12.3. The highest BCUT2D eigenvalue weighted by atomic mass is 32.2. The molecule has 10 nitrogen and oxygen atoms in total.